The number of sulfonamides is 1. The fourth-order valence-electron chi connectivity index (χ4n) is 2.59. The van der Waals surface area contributed by atoms with Crippen LogP contribution in [0.25, 0.3) is 0 Å². The Morgan fingerprint density at radius 3 is 2.32 bits per heavy atom. The molecule has 7 nitrogen and oxygen atoms in total. The van der Waals surface area contributed by atoms with Crippen LogP contribution in [-0.4, -0.2) is 25.7 Å². The fourth-order valence-corrected chi connectivity index (χ4v) is 3.67. The molecule has 1 heterocycles. The van der Waals surface area contributed by atoms with E-state index in [1.54, 1.807) is 37.4 Å². The van der Waals surface area contributed by atoms with Crippen LogP contribution >= 0.6 is 0 Å². The Morgan fingerprint density at radius 2 is 1.64 bits per heavy atom. The number of ether oxygens (including phenoxy) is 1. The van der Waals surface area contributed by atoms with Crippen molar-refractivity contribution in [2.24, 2.45) is 0 Å². The highest BCUT2D eigenvalue weighted by molar-refractivity contribution is 7.92. The second kappa shape index (κ2) is 8.26. The highest BCUT2D eigenvalue weighted by Gasteiger charge is 2.16. The lowest BCUT2D eigenvalue weighted by atomic mass is 10.1. The maximum Gasteiger partial charge on any atom is 0.263 e. The molecule has 0 amide bonds. The summed E-state index contributed by atoms with van der Waals surface area (Å²) in [5.41, 5.74) is 2.92. The minimum atomic E-state index is -3.72. The lowest BCUT2D eigenvalue weighted by Gasteiger charge is -2.11. The number of benzene rings is 2. The summed E-state index contributed by atoms with van der Waals surface area (Å²) >= 11 is 0. The van der Waals surface area contributed by atoms with Gasteiger partial charge in [-0.05, 0) is 55.3 Å². The third-order valence-corrected chi connectivity index (χ3v) is 5.70. The van der Waals surface area contributed by atoms with E-state index in [1.165, 1.54) is 0 Å². The quantitative estimate of drug-likeness (QED) is 0.633. The smallest absolute Gasteiger partial charge is 0.263 e. The molecule has 0 spiro atoms. The summed E-state index contributed by atoms with van der Waals surface area (Å²) in [6.45, 7) is 4.31. The minimum absolute atomic E-state index is 0.154. The fraction of sp³-hybridized carbons (Fsp3) is 0.200. The normalized spacial score (nSPS) is 11.1. The first-order chi connectivity index (χ1) is 13.4. The van der Waals surface area contributed by atoms with Crippen LogP contribution in [0.3, 0.4) is 0 Å². The van der Waals surface area contributed by atoms with Gasteiger partial charge in [0, 0.05) is 12.1 Å². The van der Waals surface area contributed by atoms with E-state index in [2.05, 4.69) is 20.2 Å². The third-order valence-electron chi connectivity index (χ3n) is 4.34. The number of hydrogen-bond acceptors (Lipinski definition) is 6. The van der Waals surface area contributed by atoms with Gasteiger partial charge in [0.05, 0.1) is 12.0 Å². The van der Waals surface area contributed by atoms with E-state index in [1.807, 2.05) is 38.1 Å². The Balaban J connectivity index is 1.67. The van der Waals surface area contributed by atoms with Crippen LogP contribution in [0.5, 0.6) is 5.75 Å². The van der Waals surface area contributed by atoms with Crippen LogP contribution < -0.4 is 14.8 Å². The molecule has 2 aromatic carbocycles. The van der Waals surface area contributed by atoms with Crippen LogP contribution in [-0.2, 0) is 16.6 Å². The average Bonchev–Trinajstić information content (AvgIpc) is 2.69. The van der Waals surface area contributed by atoms with Crippen molar-refractivity contribution >= 4 is 21.7 Å². The Kier molecular flexibility index (Phi) is 5.79. The number of rotatable bonds is 7. The number of methoxy groups -OCH3 is 1. The van der Waals surface area contributed by atoms with Gasteiger partial charge in [-0.15, -0.1) is 10.2 Å². The summed E-state index contributed by atoms with van der Waals surface area (Å²) in [5, 5.41) is 11.1. The predicted octanol–water partition coefficient (Wildman–Crippen LogP) is 3.51. The minimum Gasteiger partial charge on any atom is -0.496 e. The number of hydrogen-bond donors (Lipinski definition) is 2. The maximum absolute atomic E-state index is 12.5. The molecule has 3 rings (SSSR count). The van der Waals surface area contributed by atoms with E-state index >= 15 is 0 Å². The van der Waals surface area contributed by atoms with Gasteiger partial charge in [0.25, 0.3) is 10.0 Å². The lowest BCUT2D eigenvalue weighted by Crippen LogP contribution is -2.15. The van der Waals surface area contributed by atoms with Crippen molar-refractivity contribution < 1.29 is 13.2 Å². The highest BCUT2D eigenvalue weighted by Crippen LogP contribution is 2.20. The molecule has 8 heteroatoms. The molecule has 0 radical (unpaired) electrons. The van der Waals surface area contributed by atoms with Gasteiger partial charge in [-0.1, -0.05) is 24.3 Å². The number of nitrogens with zero attached hydrogens (tertiary/aromatic N) is 2. The molecular weight excluding hydrogens is 376 g/mol. The van der Waals surface area contributed by atoms with Crippen LogP contribution in [0.15, 0.2) is 59.5 Å². The van der Waals surface area contributed by atoms with Crippen molar-refractivity contribution in [2.75, 3.05) is 17.1 Å². The van der Waals surface area contributed by atoms with Gasteiger partial charge in [0.1, 0.15) is 11.6 Å². The molecule has 0 atom stereocenters. The van der Waals surface area contributed by atoms with E-state index in [0.717, 1.165) is 22.4 Å². The molecule has 0 fully saturated rings. The standard InChI is InChI=1S/C20H22N4O3S/c1-14-8-9-17(12-15(14)2)28(25,26)24-20-11-10-19(22-23-20)21-13-16-6-4-5-7-18(16)27-3/h4-12H,13H2,1-3H3,(H,21,22)(H,23,24). The van der Waals surface area contributed by atoms with Gasteiger partial charge < -0.3 is 10.1 Å². The lowest BCUT2D eigenvalue weighted by molar-refractivity contribution is 0.410. The summed E-state index contributed by atoms with van der Waals surface area (Å²) in [6, 6.07) is 15.9. The first-order valence-corrected chi connectivity index (χ1v) is 10.2. The topological polar surface area (TPSA) is 93.2 Å². The zero-order valence-electron chi connectivity index (χ0n) is 15.9. The average molecular weight is 398 g/mol. The zero-order chi connectivity index (χ0) is 20.1. The molecule has 2 N–H and O–H groups in total. The number of aromatic nitrogens is 2. The molecule has 1 aromatic heterocycles. The molecule has 28 heavy (non-hydrogen) atoms. The Hall–Kier alpha value is -3.13. The largest absolute Gasteiger partial charge is 0.496 e. The number of anilines is 2. The summed E-state index contributed by atoms with van der Waals surface area (Å²) in [7, 11) is -2.10. The number of para-hydroxylation sites is 1. The van der Waals surface area contributed by atoms with Crippen LogP contribution in [0.1, 0.15) is 16.7 Å². The van der Waals surface area contributed by atoms with Gasteiger partial charge >= 0.3 is 0 Å². The second-order valence-corrected chi connectivity index (χ2v) is 8.00. The Bertz CT molecular complexity index is 1070. The molecular formula is C20H22N4O3S. The summed E-state index contributed by atoms with van der Waals surface area (Å²) in [5.74, 6) is 1.46. The highest BCUT2D eigenvalue weighted by atomic mass is 32.2. The maximum atomic E-state index is 12.5. The number of aryl methyl sites for hydroxylation is 2. The molecule has 0 saturated carbocycles. The van der Waals surface area contributed by atoms with Crippen LogP contribution in [0.4, 0.5) is 11.6 Å². The Labute approximate surface area is 164 Å². The van der Waals surface area contributed by atoms with Gasteiger partial charge in [-0.3, -0.25) is 4.72 Å². The summed E-state index contributed by atoms with van der Waals surface area (Å²) in [6.07, 6.45) is 0. The van der Waals surface area contributed by atoms with Gasteiger partial charge in [-0.25, -0.2) is 8.42 Å². The van der Waals surface area contributed by atoms with Crippen molar-refractivity contribution in [2.45, 2.75) is 25.3 Å². The Morgan fingerprint density at radius 1 is 0.929 bits per heavy atom. The summed E-state index contributed by atoms with van der Waals surface area (Å²) in [4.78, 5) is 0.191. The molecule has 0 aliphatic carbocycles. The van der Waals surface area contributed by atoms with E-state index in [-0.39, 0.29) is 10.7 Å². The third kappa shape index (κ3) is 4.58. The van der Waals surface area contributed by atoms with Crippen LogP contribution in [0.2, 0.25) is 0 Å². The van der Waals surface area contributed by atoms with E-state index in [0.29, 0.717) is 12.4 Å². The predicted molar refractivity (Wildman–Crippen MR) is 109 cm³/mol. The van der Waals surface area contributed by atoms with Gasteiger partial charge in [0.15, 0.2) is 5.82 Å². The molecule has 0 aliphatic heterocycles. The van der Waals surface area contributed by atoms with Crippen molar-refractivity contribution in [3.05, 3.63) is 71.3 Å². The second-order valence-electron chi connectivity index (χ2n) is 6.32. The molecule has 3 aromatic rings. The monoisotopic (exact) mass is 398 g/mol. The SMILES string of the molecule is COc1ccccc1CNc1ccc(NS(=O)(=O)c2ccc(C)c(C)c2)nn1. The molecule has 146 valence electrons. The van der Waals surface area contributed by atoms with E-state index < -0.39 is 10.0 Å². The van der Waals surface area contributed by atoms with Crippen molar-refractivity contribution in [1.29, 1.82) is 0 Å². The number of nitrogens with one attached hydrogen (secondary N) is 2. The molecule has 0 bridgehead atoms. The molecule has 0 aliphatic rings. The first-order valence-electron chi connectivity index (χ1n) is 8.68. The van der Waals surface area contributed by atoms with E-state index in [9.17, 15) is 8.42 Å². The van der Waals surface area contributed by atoms with Gasteiger partial charge in [-0.2, -0.15) is 0 Å². The summed E-state index contributed by atoms with van der Waals surface area (Å²) < 4.78 is 32.8. The van der Waals surface area contributed by atoms with Crippen molar-refractivity contribution in [3.63, 3.8) is 0 Å². The van der Waals surface area contributed by atoms with Gasteiger partial charge in [0.2, 0.25) is 0 Å². The molecule has 0 unspecified atom stereocenters. The van der Waals surface area contributed by atoms with Crippen LogP contribution in [0, 0.1) is 13.8 Å². The first kappa shape index (κ1) is 19.6. The zero-order valence-corrected chi connectivity index (χ0v) is 16.7. The molecule has 0 saturated heterocycles. The van der Waals surface area contributed by atoms with Crippen molar-refractivity contribution in [1.82, 2.24) is 10.2 Å². The van der Waals surface area contributed by atoms with Crippen molar-refractivity contribution in [3.8, 4) is 5.75 Å². The van der Waals surface area contributed by atoms with E-state index in [4.69, 9.17) is 4.74 Å².